The molecule has 0 unspecified atom stereocenters. The van der Waals surface area contributed by atoms with Gasteiger partial charge in [0.05, 0.1) is 37.4 Å². The molecule has 2 atom stereocenters. The highest BCUT2D eigenvalue weighted by molar-refractivity contribution is 6.00. The molecule has 2 aliphatic heterocycles. The van der Waals surface area contributed by atoms with Crippen LogP contribution in [0.3, 0.4) is 0 Å². The Morgan fingerprint density at radius 2 is 1.67 bits per heavy atom. The molecule has 3 aromatic rings. The van der Waals surface area contributed by atoms with Crippen LogP contribution in [-0.2, 0) is 5.60 Å². The summed E-state index contributed by atoms with van der Waals surface area (Å²) in [5, 5.41) is 10.4. The average Bonchev–Trinajstić information content (AvgIpc) is 3.22. The molecular weight excluding hydrogens is 471 g/mol. The molecule has 36 heavy (non-hydrogen) atoms. The summed E-state index contributed by atoms with van der Waals surface area (Å²) in [4.78, 5) is 28.5. The van der Waals surface area contributed by atoms with Crippen LogP contribution >= 0.6 is 0 Å². The first-order valence-corrected chi connectivity index (χ1v) is 11.6. The fourth-order valence-electron chi connectivity index (χ4n) is 4.94. The zero-order valence-corrected chi connectivity index (χ0v) is 20.2. The fourth-order valence-corrected chi connectivity index (χ4v) is 4.94. The monoisotopic (exact) mass is 497 g/mol. The van der Waals surface area contributed by atoms with Crippen LogP contribution in [0, 0.1) is 12.7 Å². The van der Waals surface area contributed by atoms with Gasteiger partial charge in [0, 0.05) is 18.0 Å². The van der Waals surface area contributed by atoms with E-state index in [-0.39, 0.29) is 30.0 Å². The number of halogens is 3. The molecule has 4 heterocycles. The zero-order valence-electron chi connectivity index (χ0n) is 20.2. The van der Waals surface area contributed by atoms with Gasteiger partial charge in [-0.1, -0.05) is 12.1 Å². The molecule has 5 rings (SSSR count). The number of likely N-dealkylation sites (tertiary alicyclic amines) is 1. The van der Waals surface area contributed by atoms with Crippen molar-refractivity contribution >= 4 is 11.7 Å². The number of amides is 1. The van der Waals surface area contributed by atoms with E-state index >= 15 is 8.78 Å². The van der Waals surface area contributed by atoms with Gasteiger partial charge in [-0.25, -0.2) is 28.1 Å². The SMILES string of the molecule is Cc1cc(N2C[C@]3(F)CN(C(=O)c4c(F)cccc4-c4ncccn4)C[C@]3(F)C2)nc(C(C)(C)O)c1. The second kappa shape index (κ2) is 8.26. The Hall–Kier alpha value is -3.53. The highest BCUT2D eigenvalue weighted by Gasteiger charge is 2.66. The topological polar surface area (TPSA) is 82.5 Å². The highest BCUT2D eigenvalue weighted by atomic mass is 19.2. The van der Waals surface area contributed by atoms with Crippen molar-refractivity contribution in [1.82, 2.24) is 19.9 Å². The predicted molar refractivity (Wildman–Crippen MR) is 127 cm³/mol. The van der Waals surface area contributed by atoms with Gasteiger partial charge in [0.15, 0.2) is 17.2 Å². The molecule has 2 aromatic heterocycles. The molecule has 7 nitrogen and oxygen atoms in total. The number of pyridine rings is 1. The van der Waals surface area contributed by atoms with Crippen LogP contribution in [-0.4, -0.2) is 68.4 Å². The number of carbonyl (C=O) groups is 1. The summed E-state index contributed by atoms with van der Waals surface area (Å²) in [7, 11) is 0. The molecule has 0 spiro atoms. The number of alkyl halides is 2. The predicted octanol–water partition coefficient (Wildman–Crippen LogP) is 3.61. The van der Waals surface area contributed by atoms with E-state index in [9.17, 15) is 14.3 Å². The maximum atomic E-state index is 16.1. The van der Waals surface area contributed by atoms with Crippen LogP contribution in [0.2, 0.25) is 0 Å². The molecule has 0 aliphatic carbocycles. The van der Waals surface area contributed by atoms with E-state index in [0.29, 0.717) is 11.5 Å². The Labute approximate surface area is 206 Å². The number of aromatic nitrogens is 3. The second-order valence-electron chi connectivity index (χ2n) is 10.1. The molecule has 0 bridgehead atoms. The third-order valence-corrected chi connectivity index (χ3v) is 6.80. The number of benzene rings is 1. The first kappa shape index (κ1) is 24.2. The van der Waals surface area contributed by atoms with E-state index in [2.05, 4.69) is 15.0 Å². The van der Waals surface area contributed by atoms with Gasteiger partial charge in [0.1, 0.15) is 17.2 Å². The van der Waals surface area contributed by atoms with Gasteiger partial charge in [-0.05, 0) is 50.6 Å². The van der Waals surface area contributed by atoms with E-state index in [1.54, 1.807) is 32.0 Å². The number of nitrogens with zero attached hydrogens (tertiary/aromatic N) is 5. The van der Waals surface area contributed by atoms with Crippen molar-refractivity contribution in [2.45, 2.75) is 37.7 Å². The Morgan fingerprint density at radius 1 is 1.03 bits per heavy atom. The van der Waals surface area contributed by atoms with Crippen LogP contribution < -0.4 is 4.90 Å². The van der Waals surface area contributed by atoms with Crippen molar-refractivity contribution in [1.29, 1.82) is 0 Å². The lowest BCUT2D eigenvalue weighted by Gasteiger charge is -2.26. The molecular formula is C26H26F3N5O2. The Morgan fingerprint density at radius 3 is 2.28 bits per heavy atom. The third-order valence-electron chi connectivity index (χ3n) is 6.80. The number of rotatable bonds is 4. The van der Waals surface area contributed by atoms with Crippen LogP contribution in [0.1, 0.15) is 35.5 Å². The summed E-state index contributed by atoms with van der Waals surface area (Å²) < 4.78 is 47.0. The van der Waals surface area contributed by atoms with Crippen molar-refractivity contribution < 1.29 is 23.1 Å². The van der Waals surface area contributed by atoms with Gasteiger partial charge < -0.3 is 14.9 Å². The standard InChI is InChI=1S/C26H26F3N5O2/c1-16-10-19(24(2,3)36)32-20(11-16)33-12-25(28)14-34(15-26(25,29)13-33)23(35)21-17(6-4-7-18(21)27)22-30-8-5-9-31-22/h4-11,36H,12-15H2,1-3H3/t25-,26+. The summed E-state index contributed by atoms with van der Waals surface area (Å²) >= 11 is 0. The summed E-state index contributed by atoms with van der Waals surface area (Å²) in [6.07, 6.45) is 2.93. The maximum Gasteiger partial charge on any atom is 0.257 e. The van der Waals surface area contributed by atoms with Crippen LogP contribution in [0.5, 0.6) is 0 Å². The molecule has 10 heteroatoms. The number of anilines is 1. The minimum absolute atomic E-state index is 0.143. The molecule has 188 valence electrons. The van der Waals surface area contributed by atoms with Crippen LogP contribution in [0.25, 0.3) is 11.4 Å². The maximum absolute atomic E-state index is 16.1. The Balaban J connectivity index is 1.42. The van der Waals surface area contributed by atoms with Gasteiger partial charge in [0.25, 0.3) is 5.91 Å². The van der Waals surface area contributed by atoms with E-state index in [4.69, 9.17) is 0 Å². The number of carbonyl (C=O) groups excluding carboxylic acids is 1. The average molecular weight is 498 g/mol. The lowest BCUT2D eigenvalue weighted by molar-refractivity contribution is 0.0491. The van der Waals surface area contributed by atoms with Gasteiger partial charge in [-0.2, -0.15) is 0 Å². The molecule has 2 fully saturated rings. The minimum Gasteiger partial charge on any atom is -0.384 e. The third kappa shape index (κ3) is 3.99. The smallest absolute Gasteiger partial charge is 0.257 e. The van der Waals surface area contributed by atoms with Crippen molar-refractivity contribution in [2.75, 3.05) is 31.1 Å². The highest BCUT2D eigenvalue weighted by Crippen LogP contribution is 2.46. The first-order chi connectivity index (χ1) is 16.9. The zero-order chi connectivity index (χ0) is 25.9. The second-order valence-corrected chi connectivity index (χ2v) is 10.1. The van der Waals surface area contributed by atoms with E-state index in [1.807, 2.05) is 6.92 Å². The number of hydrogen-bond donors (Lipinski definition) is 1. The van der Waals surface area contributed by atoms with Gasteiger partial charge in [-0.3, -0.25) is 4.79 Å². The summed E-state index contributed by atoms with van der Waals surface area (Å²) in [5.41, 5.74) is -4.95. The Kier molecular flexibility index (Phi) is 5.55. The lowest BCUT2D eigenvalue weighted by Crippen LogP contribution is -2.44. The number of fused-ring (bicyclic) bond motifs is 1. The molecule has 1 N–H and O–H groups in total. The summed E-state index contributed by atoms with van der Waals surface area (Å²) in [6, 6.07) is 9.07. The number of hydrogen-bond acceptors (Lipinski definition) is 6. The molecule has 1 aromatic carbocycles. The van der Waals surface area contributed by atoms with Crippen LogP contribution in [0.15, 0.2) is 48.8 Å². The fraction of sp³-hybridized carbons (Fsp3) is 0.385. The molecule has 2 aliphatic rings. The van der Waals surface area contributed by atoms with Crippen molar-refractivity contribution in [3.8, 4) is 11.4 Å². The molecule has 0 saturated carbocycles. The first-order valence-electron chi connectivity index (χ1n) is 11.6. The number of aliphatic hydroxyl groups is 1. The van der Waals surface area contributed by atoms with Crippen molar-refractivity contribution in [3.05, 3.63) is 71.4 Å². The van der Waals surface area contributed by atoms with Gasteiger partial charge in [0.2, 0.25) is 0 Å². The largest absolute Gasteiger partial charge is 0.384 e. The lowest BCUT2D eigenvalue weighted by atomic mass is 9.94. The summed E-state index contributed by atoms with van der Waals surface area (Å²) in [6.45, 7) is 3.26. The van der Waals surface area contributed by atoms with E-state index in [0.717, 1.165) is 16.5 Å². The quantitative estimate of drug-likeness (QED) is 0.593. The molecule has 2 saturated heterocycles. The normalized spacial score (nSPS) is 23.8. The molecule has 0 radical (unpaired) electrons. The van der Waals surface area contributed by atoms with E-state index in [1.165, 1.54) is 29.4 Å². The summed E-state index contributed by atoms with van der Waals surface area (Å²) in [5.74, 6) is -1.13. The van der Waals surface area contributed by atoms with Crippen LogP contribution in [0.4, 0.5) is 19.0 Å². The minimum atomic E-state index is -2.38. The van der Waals surface area contributed by atoms with Gasteiger partial charge in [-0.15, -0.1) is 0 Å². The van der Waals surface area contributed by atoms with Crippen molar-refractivity contribution in [2.24, 2.45) is 0 Å². The van der Waals surface area contributed by atoms with Gasteiger partial charge >= 0.3 is 0 Å². The Bertz CT molecular complexity index is 1310. The number of aryl methyl sites for hydroxylation is 1. The van der Waals surface area contributed by atoms with Crippen molar-refractivity contribution in [3.63, 3.8) is 0 Å². The molecule has 1 amide bonds. The van der Waals surface area contributed by atoms with E-state index < -0.39 is 41.8 Å².